The van der Waals surface area contributed by atoms with Crippen molar-refractivity contribution < 1.29 is 22.7 Å². The van der Waals surface area contributed by atoms with Crippen molar-refractivity contribution in [1.82, 2.24) is 9.62 Å². The van der Waals surface area contributed by atoms with Gasteiger partial charge in [0.1, 0.15) is 0 Å². The maximum Gasteiger partial charge on any atom is 0.308 e. The van der Waals surface area contributed by atoms with E-state index < -0.39 is 22.1 Å². The van der Waals surface area contributed by atoms with Gasteiger partial charge < -0.3 is 9.64 Å². The number of esters is 1. The lowest BCUT2D eigenvalue weighted by molar-refractivity contribution is -0.159. The minimum atomic E-state index is -3.72. The zero-order chi connectivity index (χ0) is 20.7. The minimum absolute atomic E-state index is 0.122. The van der Waals surface area contributed by atoms with Gasteiger partial charge in [-0.15, -0.1) is 0 Å². The molecular formula is C20H24N2O5S. The molecule has 0 bridgehead atoms. The molecule has 0 saturated carbocycles. The number of aryl methyl sites for hydroxylation is 1. The van der Waals surface area contributed by atoms with E-state index in [-0.39, 0.29) is 23.8 Å². The first kappa shape index (κ1) is 21.6. The molecule has 0 spiro atoms. The van der Waals surface area contributed by atoms with E-state index in [0.29, 0.717) is 5.56 Å². The van der Waals surface area contributed by atoms with Gasteiger partial charge in [0.05, 0.1) is 11.3 Å². The fraction of sp³-hybridized carbons (Fsp3) is 0.300. The molecule has 0 aliphatic heterocycles. The summed E-state index contributed by atoms with van der Waals surface area (Å²) in [5.41, 5.74) is 1.50. The third-order valence-electron chi connectivity index (χ3n) is 3.97. The Morgan fingerprint density at radius 2 is 1.64 bits per heavy atom. The zero-order valence-corrected chi connectivity index (χ0v) is 16.9. The van der Waals surface area contributed by atoms with Crippen LogP contribution < -0.4 is 4.72 Å². The predicted octanol–water partition coefficient (Wildman–Crippen LogP) is 2.04. The lowest BCUT2D eigenvalue weighted by Crippen LogP contribution is -2.32. The summed E-state index contributed by atoms with van der Waals surface area (Å²) in [6.07, 6.45) is -1.27. The van der Waals surface area contributed by atoms with Crippen molar-refractivity contribution in [2.75, 3.05) is 20.6 Å². The third kappa shape index (κ3) is 5.90. The Kier molecular flexibility index (Phi) is 7.31. The molecule has 0 aliphatic carbocycles. The maximum atomic E-state index is 12.4. The fourth-order valence-corrected chi connectivity index (χ4v) is 3.43. The summed E-state index contributed by atoms with van der Waals surface area (Å²) in [6, 6.07) is 15.1. The highest BCUT2D eigenvalue weighted by atomic mass is 32.2. The number of carbonyl (C=O) groups excluding carboxylic acids is 2. The van der Waals surface area contributed by atoms with Crippen molar-refractivity contribution in [2.24, 2.45) is 0 Å². The summed E-state index contributed by atoms with van der Waals surface area (Å²) in [4.78, 5) is 26.0. The number of amides is 1. The summed E-state index contributed by atoms with van der Waals surface area (Å²) < 4.78 is 32.2. The van der Waals surface area contributed by atoms with Gasteiger partial charge >= 0.3 is 5.97 Å². The van der Waals surface area contributed by atoms with Crippen molar-refractivity contribution in [3.63, 3.8) is 0 Å². The Balaban J connectivity index is 1.97. The number of nitrogens with zero attached hydrogens (tertiary/aromatic N) is 1. The number of rotatable bonds is 8. The SMILES string of the molecule is Cc1ccc(S(=O)(=O)NCCC(=O)OC(C(=O)N(C)C)c2ccccc2)cc1. The Bertz CT molecular complexity index is 909. The van der Waals surface area contributed by atoms with E-state index in [9.17, 15) is 18.0 Å². The molecule has 2 aromatic carbocycles. The Hall–Kier alpha value is -2.71. The summed E-state index contributed by atoms with van der Waals surface area (Å²) in [5, 5.41) is 0. The summed E-state index contributed by atoms with van der Waals surface area (Å²) in [5.74, 6) is -1.05. The summed E-state index contributed by atoms with van der Waals surface area (Å²) in [7, 11) is -0.574. The van der Waals surface area contributed by atoms with E-state index in [0.717, 1.165) is 5.56 Å². The first-order valence-electron chi connectivity index (χ1n) is 8.72. The maximum absolute atomic E-state index is 12.4. The first-order valence-corrected chi connectivity index (χ1v) is 10.2. The van der Waals surface area contributed by atoms with Gasteiger partial charge in [-0.3, -0.25) is 9.59 Å². The number of nitrogens with one attached hydrogen (secondary N) is 1. The number of likely N-dealkylation sites (N-methyl/N-ethyl adjacent to an activating group) is 1. The number of sulfonamides is 1. The van der Waals surface area contributed by atoms with E-state index in [4.69, 9.17) is 4.74 Å². The smallest absolute Gasteiger partial charge is 0.308 e. The molecule has 0 saturated heterocycles. The number of carbonyl (C=O) groups is 2. The molecule has 150 valence electrons. The van der Waals surface area contributed by atoms with Crippen LogP contribution >= 0.6 is 0 Å². The van der Waals surface area contributed by atoms with Crippen LogP contribution in [0.4, 0.5) is 0 Å². The summed E-state index contributed by atoms with van der Waals surface area (Å²) in [6.45, 7) is 1.73. The van der Waals surface area contributed by atoms with Crippen LogP contribution in [0.3, 0.4) is 0 Å². The monoisotopic (exact) mass is 404 g/mol. The van der Waals surface area contributed by atoms with Gasteiger partial charge in [-0.25, -0.2) is 13.1 Å². The molecule has 0 aliphatic rings. The van der Waals surface area contributed by atoms with Crippen LogP contribution in [0.25, 0.3) is 0 Å². The van der Waals surface area contributed by atoms with Crippen LogP contribution in [-0.2, 0) is 24.3 Å². The van der Waals surface area contributed by atoms with Crippen molar-refractivity contribution in [2.45, 2.75) is 24.3 Å². The highest BCUT2D eigenvalue weighted by Gasteiger charge is 2.26. The molecule has 0 heterocycles. The average Bonchev–Trinajstić information content (AvgIpc) is 2.66. The van der Waals surface area contributed by atoms with E-state index in [1.54, 1.807) is 56.6 Å². The lowest BCUT2D eigenvalue weighted by Gasteiger charge is -2.21. The first-order chi connectivity index (χ1) is 13.2. The molecule has 7 nitrogen and oxygen atoms in total. The molecular weight excluding hydrogens is 380 g/mol. The quantitative estimate of drug-likeness (QED) is 0.680. The molecule has 2 rings (SSSR count). The van der Waals surface area contributed by atoms with Crippen LogP contribution in [0, 0.1) is 6.92 Å². The number of benzene rings is 2. The van der Waals surface area contributed by atoms with Crippen LogP contribution in [0.15, 0.2) is 59.5 Å². The fourth-order valence-electron chi connectivity index (χ4n) is 2.40. The Labute approximate surface area is 165 Å². The minimum Gasteiger partial charge on any atom is -0.447 e. The topological polar surface area (TPSA) is 92.8 Å². The van der Waals surface area contributed by atoms with Gasteiger partial charge in [0, 0.05) is 26.2 Å². The Morgan fingerprint density at radius 3 is 2.21 bits per heavy atom. The molecule has 28 heavy (non-hydrogen) atoms. The molecule has 0 fully saturated rings. The second kappa shape index (κ2) is 9.48. The number of hydrogen-bond donors (Lipinski definition) is 1. The molecule has 0 radical (unpaired) electrons. The molecule has 2 aromatic rings. The van der Waals surface area contributed by atoms with Gasteiger partial charge in [0.2, 0.25) is 16.1 Å². The van der Waals surface area contributed by atoms with E-state index in [1.807, 2.05) is 6.92 Å². The molecule has 8 heteroatoms. The highest BCUT2D eigenvalue weighted by molar-refractivity contribution is 7.89. The van der Waals surface area contributed by atoms with E-state index in [2.05, 4.69) is 4.72 Å². The van der Waals surface area contributed by atoms with Crippen molar-refractivity contribution in [1.29, 1.82) is 0 Å². The van der Waals surface area contributed by atoms with Gasteiger partial charge in [0.15, 0.2) is 0 Å². The van der Waals surface area contributed by atoms with E-state index >= 15 is 0 Å². The van der Waals surface area contributed by atoms with Crippen molar-refractivity contribution in [3.05, 3.63) is 65.7 Å². The Morgan fingerprint density at radius 1 is 1.04 bits per heavy atom. The standard InChI is InChI=1S/C20H24N2O5S/c1-15-9-11-17(12-10-15)28(25,26)21-14-13-18(23)27-19(20(24)22(2)3)16-7-5-4-6-8-16/h4-12,19,21H,13-14H2,1-3H3. The molecule has 1 unspecified atom stereocenters. The summed E-state index contributed by atoms with van der Waals surface area (Å²) >= 11 is 0. The van der Waals surface area contributed by atoms with Crippen LogP contribution in [0.5, 0.6) is 0 Å². The molecule has 0 aromatic heterocycles. The van der Waals surface area contributed by atoms with Crippen molar-refractivity contribution >= 4 is 21.9 Å². The third-order valence-corrected chi connectivity index (χ3v) is 5.45. The molecule has 1 amide bonds. The normalized spacial score (nSPS) is 12.2. The second-order valence-electron chi connectivity index (χ2n) is 6.47. The molecule has 1 N–H and O–H groups in total. The second-order valence-corrected chi connectivity index (χ2v) is 8.24. The van der Waals surface area contributed by atoms with E-state index in [1.165, 1.54) is 17.0 Å². The predicted molar refractivity (Wildman–Crippen MR) is 105 cm³/mol. The van der Waals surface area contributed by atoms with Crippen LogP contribution in [0.2, 0.25) is 0 Å². The van der Waals surface area contributed by atoms with Gasteiger partial charge in [0.25, 0.3) is 5.91 Å². The van der Waals surface area contributed by atoms with Gasteiger partial charge in [-0.05, 0) is 19.1 Å². The largest absolute Gasteiger partial charge is 0.447 e. The van der Waals surface area contributed by atoms with Gasteiger partial charge in [-0.2, -0.15) is 0 Å². The van der Waals surface area contributed by atoms with Gasteiger partial charge in [-0.1, -0.05) is 48.0 Å². The average molecular weight is 404 g/mol. The number of hydrogen-bond acceptors (Lipinski definition) is 5. The van der Waals surface area contributed by atoms with Crippen molar-refractivity contribution in [3.8, 4) is 0 Å². The molecule has 1 atom stereocenters. The van der Waals surface area contributed by atoms with Crippen LogP contribution in [-0.4, -0.2) is 45.8 Å². The number of ether oxygens (including phenoxy) is 1. The lowest BCUT2D eigenvalue weighted by atomic mass is 10.1. The highest BCUT2D eigenvalue weighted by Crippen LogP contribution is 2.20. The zero-order valence-electron chi connectivity index (χ0n) is 16.1. The van der Waals surface area contributed by atoms with Crippen LogP contribution in [0.1, 0.15) is 23.7 Å².